The second-order valence-corrected chi connectivity index (χ2v) is 9.47. The van der Waals surface area contributed by atoms with E-state index in [0.717, 1.165) is 29.0 Å². The van der Waals surface area contributed by atoms with Crippen molar-refractivity contribution in [3.8, 4) is 0 Å². The van der Waals surface area contributed by atoms with Crippen molar-refractivity contribution in [2.45, 2.75) is 30.7 Å². The van der Waals surface area contributed by atoms with Gasteiger partial charge in [0.05, 0.1) is 10.6 Å². The second-order valence-electron chi connectivity index (χ2n) is 7.98. The summed E-state index contributed by atoms with van der Waals surface area (Å²) in [5.41, 5.74) is 2.76. The van der Waals surface area contributed by atoms with Crippen LogP contribution in [0.25, 0.3) is 6.08 Å². The SMILES string of the molecule is C[C@H](CCc1ccccc1)NC(=O)CN1C(=O)/C(=C/c2ccccc2Cl)Sc2ccccc21. The van der Waals surface area contributed by atoms with Crippen molar-refractivity contribution >= 4 is 46.9 Å². The topological polar surface area (TPSA) is 49.4 Å². The maximum absolute atomic E-state index is 13.3. The first-order chi connectivity index (χ1) is 16.0. The zero-order valence-corrected chi connectivity index (χ0v) is 19.9. The molecule has 1 aliphatic heterocycles. The molecule has 33 heavy (non-hydrogen) atoms. The van der Waals surface area contributed by atoms with Crippen LogP contribution in [0.4, 0.5) is 5.69 Å². The Balaban J connectivity index is 1.48. The number of benzene rings is 3. The predicted octanol–water partition coefficient (Wildman–Crippen LogP) is 5.96. The first-order valence-electron chi connectivity index (χ1n) is 10.9. The third-order valence-corrected chi connectivity index (χ3v) is 6.86. The Hall–Kier alpha value is -3.02. The Labute approximate surface area is 203 Å². The molecule has 4 rings (SSSR count). The molecule has 0 saturated heterocycles. The molecule has 2 amide bonds. The summed E-state index contributed by atoms with van der Waals surface area (Å²) in [5.74, 6) is -0.381. The Bertz CT molecular complexity index is 1180. The summed E-state index contributed by atoms with van der Waals surface area (Å²) in [6.07, 6.45) is 3.50. The highest BCUT2D eigenvalue weighted by Gasteiger charge is 2.30. The normalized spacial score (nSPS) is 15.3. The molecule has 0 aliphatic carbocycles. The molecule has 6 heteroatoms. The lowest BCUT2D eigenvalue weighted by Crippen LogP contribution is -2.45. The van der Waals surface area contributed by atoms with Crippen molar-refractivity contribution in [2.75, 3.05) is 11.4 Å². The summed E-state index contributed by atoms with van der Waals surface area (Å²) >= 11 is 7.70. The van der Waals surface area contributed by atoms with E-state index in [1.54, 1.807) is 17.0 Å². The van der Waals surface area contributed by atoms with Gasteiger partial charge in [-0.3, -0.25) is 14.5 Å². The molecule has 1 N–H and O–H groups in total. The van der Waals surface area contributed by atoms with Crippen LogP contribution >= 0.6 is 23.4 Å². The van der Waals surface area contributed by atoms with Gasteiger partial charge in [0.1, 0.15) is 6.54 Å². The summed E-state index contributed by atoms with van der Waals surface area (Å²) in [7, 11) is 0. The number of nitrogens with one attached hydrogen (secondary N) is 1. The molecule has 168 valence electrons. The van der Waals surface area contributed by atoms with Gasteiger partial charge < -0.3 is 5.32 Å². The summed E-state index contributed by atoms with van der Waals surface area (Å²) in [4.78, 5) is 29.2. The van der Waals surface area contributed by atoms with E-state index in [1.807, 2.05) is 67.6 Å². The number of carbonyl (C=O) groups excluding carboxylic acids is 2. The highest BCUT2D eigenvalue weighted by Crippen LogP contribution is 2.42. The van der Waals surface area contributed by atoms with Gasteiger partial charge in [-0.05, 0) is 55.2 Å². The van der Waals surface area contributed by atoms with Crippen LogP contribution in [0.5, 0.6) is 0 Å². The zero-order chi connectivity index (χ0) is 23.2. The number of fused-ring (bicyclic) bond motifs is 1. The molecule has 1 heterocycles. The van der Waals surface area contributed by atoms with Gasteiger partial charge in [0.2, 0.25) is 5.91 Å². The van der Waals surface area contributed by atoms with Gasteiger partial charge in [0, 0.05) is 16.0 Å². The molecule has 4 nitrogen and oxygen atoms in total. The summed E-state index contributed by atoms with van der Waals surface area (Å²) in [6, 6.07) is 25.2. The van der Waals surface area contributed by atoms with Crippen LogP contribution in [-0.4, -0.2) is 24.4 Å². The number of halogens is 1. The fourth-order valence-electron chi connectivity index (χ4n) is 3.72. The molecule has 3 aromatic carbocycles. The van der Waals surface area contributed by atoms with E-state index >= 15 is 0 Å². The van der Waals surface area contributed by atoms with Crippen molar-refractivity contribution in [2.24, 2.45) is 0 Å². The highest BCUT2D eigenvalue weighted by molar-refractivity contribution is 8.04. The van der Waals surface area contributed by atoms with Crippen LogP contribution in [0.15, 0.2) is 88.7 Å². The van der Waals surface area contributed by atoms with Crippen molar-refractivity contribution in [3.63, 3.8) is 0 Å². The van der Waals surface area contributed by atoms with Crippen molar-refractivity contribution in [3.05, 3.63) is 99.9 Å². The first-order valence-corrected chi connectivity index (χ1v) is 12.1. The van der Waals surface area contributed by atoms with Crippen LogP contribution < -0.4 is 10.2 Å². The molecule has 1 aliphatic rings. The quantitative estimate of drug-likeness (QED) is 0.428. The van der Waals surface area contributed by atoms with E-state index < -0.39 is 0 Å². The molecule has 0 aromatic heterocycles. The molecule has 0 fully saturated rings. The number of hydrogen-bond acceptors (Lipinski definition) is 3. The Morgan fingerprint density at radius 2 is 1.73 bits per heavy atom. The van der Waals surface area contributed by atoms with Gasteiger partial charge in [-0.15, -0.1) is 0 Å². The number of para-hydroxylation sites is 1. The molecule has 0 spiro atoms. The number of thioether (sulfide) groups is 1. The number of hydrogen-bond donors (Lipinski definition) is 1. The largest absolute Gasteiger partial charge is 0.352 e. The average molecular weight is 477 g/mol. The summed E-state index contributed by atoms with van der Waals surface area (Å²) in [5, 5.41) is 3.62. The Morgan fingerprint density at radius 3 is 2.52 bits per heavy atom. The van der Waals surface area contributed by atoms with Crippen LogP contribution in [0, 0.1) is 0 Å². The lowest BCUT2D eigenvalue weighted by Gasteiger charge is -2.30. The lowest BCUT2D eigenvalue weighted by molar-refractivity contribution is -0.122. The van der Waals surface area contributed by atoms with Gasteiger partial charge in [0.25, 0.3) is 5.91 Å². The highest BCUT2D eigenvalue weighted by atomic mass is 35.5. The maximum Gasteiger partial charge on any atom is 0.265 e. The first kappa shape index (κ1) is 23.1. The minimum Gasteiger partial charge on any atom is -0.352 e. The molecule has 3 aromatic rings. The number of aryl methyl sites for hydroxylation is 1. The maximum atomic E-state index is 13.3. The molecular formula is C27H25ClN2O2S. The average Bonchev–Trinajstić information content (AvgIpc) is 2.82. The van der Waals surface area contributed by atoms with Crippen molar-refractivity contribution < 1.29 is 9.59 Å². The fraction of sp³-hybridized carbons (Fsp3) is 0.185. The van der Waals surface area contributed by atoms with Gasteiger partial charge in [0.15, 0.2) is 0 Å². The molecule has 0 bridgehead atoms. The molecule has 0 radical (unpaired) electrons. The summed E-state index contributed by atoms with van der Waals surface area (Å²) < 4.78 is 0. The van der Waals surface area contributed by atoms with E-state index in [-0.39, 0.29) is 24.4 Å². The van der Waals surface area contributed by atoms with Crippen LogP contribution in [0.3, 0.4) is 0 Å². The van der Waals surface area contributed by atoms with E-state index in [4.69, 9.17) is 11.6 Å². The Kier molecular flexibility index (Phi) is 7.53. The number of carbonyl (C=O) groups is 2. The minimum absolute atomic E-state index is 0.000329. The predicted molar refractivity (Wildman–Crippen MR) is 136 cm³/mol. The van der Waals surface area contributed by atoms with Gasteiger partial charge >= 0.3 is 0 Å². The zero-order valence-electron chi connectivity index (χ0n) is 18.3. The molecule has 0 unspecified atom stereocenters. The third kappa shape index (κ3) is 5.86. The number of amides is 2. The third-order valence-electron chi connectivity index (χ3n) is 5.44. The molecule has 1 atom stereocenters. The van der Waals surface area contributed by atoms with Gasteiger partial charge in [-0.2, -0.15) is 0 Å². The number of rotatable bonds is 7. The van der Waals surface area contributed by atoms with E-state index in [2.05, 4.69) is 17.4 Å². The van der Waals surface area contributed by atoms with E-state index in [0.29, 0.717) is 9.93 Å². The summed E-state index contributed by atoms with van der Waals surface area (Å²) in [6.45, 7) is 1.96. The molecule has 0 saturated carbocycles. The van der Waals surface area contributed by atoms with Crippen LogP contribution in [-0.2, 0) is 16.0 Å². The van der Waals surface area contributed by atoms with E-state index in [9.17, 15) is 9.59 Å². The van der Waals surface area contributed by atoms with E-state index in [1.165, 1.54) is 17.3 Å². The number of anilines is 1. The van der Waals surface area contributed by atoms with Crippen LogP contribution in [0.1, 0.15) is 24.5 Å². The second kappa shape index (κ2) is 10.7. The van der Waals surface area contributed by atoms with Gasteiger partial charge in [-0.1, -0.05) is 84.0 Å². The fourth-order valence-corrected chi connectivity index (χ4v) is 4.96. The van der Waals surface area contributed by atoms with Crippen molar-refractivity contribution in [1.29, 1.82) is 0 Å². The number of nitrogens with zero attached hydrogens (tertiary/aromatic N) is 1. The molecular weight excluding hydrogens is 452 g/mol. The smallest absolute Gasteiger partial charge is 0.265 e. The minimum atomic E-state index is -0.203. The van der Waals surface area contributed by atoms with Crippen molar-refractivity contribution in [1.82, 2.24) is 5.32 Å². The standard InChI is InChI=1S/C27H25ClN2O2S/c1-19(15-16-20-9-3-2-4-10-20)29-26(31)18-30-23-13-7-8-14-24(23)33-25(27(30)32)17-21-11-5-6-12-22(21)28/h2-14,17,19H,15-16,18H2,1H3,(H,29,31)/b25-17-/t19-/m1/s1. The lowest BCUT2D eigenvalue weighted by atomic mass is 10.1. The monoisotopic (exact) mass is 476 g/mol. The van der Waals surface area contributed by atoms with Gasteiger partial charge in [-0.25, -0.2) is 0 Å². The Morgan fingerprint density at radius 1 is 1.03 bits per heavy atom. The van der Waals surface area contributed by atoms with Crippen LogP contribution in [0.2, 0.25) is 5.02 Å².